The number of aryl methyl sites for hydroxylation is 1. The molecular weight excluding hydrogens is 296 g/mol. The van der Waals surface area contributed by atoms with Crippen LogP contribution in [0.4, 0.5) is 0 Å². The molecule has 0 spiro atoms. The van der Waals surface area contributed by atoms with E-state index in [1.807, 2.05) is 13.0 Å². The second-order valence-corrected chi connectivity index (χ2v) is 6.31. The van der Waals surface area contributed by atoms with Crippen molar-refractivity contribution in [3.8, 4) is 0 Å². The average Bonchev–Trinajstić information content (AvgIpc) is 3.11. The summed E-state index contributed by atoms with van der Waals surface area (Å²) in [6, 6.07) is 3.04. The minimum absolute atomic E-state index is 0.106. The van der Waals surface area contributed by atoms with Crippen molar-refractivity contribution in [1.29, 1.82) is 0 Å². The Hall–Kier alpha value is -2.44. The van der Waals surface area contributed by atoms with Crippen LogP contribution in [0.3, 0.4) is 0 Å². The molecule has 0 radical (unpaired) electrons. The number of hydrogen-bond donors (Lipinski definition) is 1. The maximum atomic E-state index is 12.8. The third kappa shape index (κ3) is 2.67. The predicted molar refractivity (Wildman–Crippen MR) is 81.1 cm³/mol. The summed E-state index contributed by atoms with van der Waals surface area (Å²) in [5, 5.41) is 4.04. The first-order valence-electron chi connectivity index (χ1n) is 7.97. The Balaban J connectivity index is 1.64. The summed E-state index contributed by atoms with van der Waals surface area (Å²) < 4.78 is 5.13. The number of carbonyl (C=O) groups excluding carboxylic acids is 1. The van der Waals surface area contributed by atoms with Crippen LogP contribution in [-0.2, 0) is 0 Å². The van der Waals surface area contributed by atoms with Gasteiger partial charge in [-0.15, -0.1) is 0 Å². The lowest BCUT2D eigenvalue weighted by Crippen LogP contribution is -2.32. The summed E-state index contributed by atoms with van der Waals surface area (Å²) in [6.45, 7) is 2.47. The Bertz CT molecular complexity index is 806. The van der Waals surface area contributed by atoms with Gasteiger partial charge in [0.05, 0.1) is 6.04 Å². The fourth-order valence-corrected chi connectivity index (χ4v) is 3.14. The number of carbonyl (C=O) groups is 1. The van der Waals surface area contributed by atoms with Gasteiger partial charge in [-0.25, -0.2) is 4.98 Å². The van der Waals surface area contributed by atoms with Crippen LogP contribution in [0.5, 0.6) is 0 Å². The summed E-state index contributed by atoms with van der Waals surface area (Å²) >= 11 is 0. The summed E-state index contributed by atoms with van der Waals surface area (Å²) in [4.78, 5) is 33.5. The summed E-state index contributed by atoms with van der Waals surface area (Å²) in [5.74, 6) is 1.45. The quantitative estimate of drug-likeness (QED) is 0.934. The van der Waals surface area contributed by atoms with Crippen LogP contribution >= 0.6 is 0 Å². The smallest absolute Gasteiger partial charge is 0.273 e. The number of rotatable bonds is 3. The second-order valence-electron chi connectivity index (χ2n) is 6.31. The third-order valence-electron chi connectivity index (χ3n) is 4.44. The Morgan fingerprint density at radius 2 is 2.17 bits per heavy atom. The maximum Gasteiger partial charge on any atom is 0.273 e. The number of nitrogens with zero attached hydrogens (tertiary/aromatic N) is 3. The molecule has 1 saturated heterocycles. The van der Waals surface area contributed by atoms with Gasteiger partial charge in [-0.05, 0) is 32.6 Å². The van der Waals surface area contributed by atoms with E-state index in [-0.39, 0.29) is 23.2 Å². The molecule has 1 amide bonds. The lowest BCUT2D eigenvalue weighted by Gasteiger charge is -2.22. The van der Waals surface area contributed by atoms with Crippen molar-refractivity contribution >= 4 is 5.91 Å². The first-order valence-corrected chi connectivity index (χ1v) is 7.97. The Morgan fingerprint density at radius 3 is 2.87 bits per heavy atom. The van der Waals surface area contributed by atoms with Gasteiger partial charge in [0.15, 0.2) is 0 Å². The van der Waals surface area contributed by atoms with Crippen molar-refractivity contribution in [1.82, 2.24) is 20.0 Å². The lowest BCUT2D eigenvalue weighted by molar-refractivity contribution is 0.0724. The zero-order valence-corrected chi connectivity index (χ0v) is 12.9. The van der Waals surface area contributed by atoms with E-state index in [1.165, 1.54) is 6.07 Å². The van der Waals surface area contributed by atoms with E-state index in [9.17, 15) is 9.59 Å². The van der Waals surface area contributed by atoms with Crippen LogP contribution in [-0.4, -0.2) is 32.5 Å². The van der Waals surface area contributed by atoms with Crippen molar-refractivity contribution in [2.45, 2.75) is 44.6 Å². The SMILES string of the molecule is Cc1cc(C2CCCN2C(=O)c2cc(=O)[nH]c(C3CC3)n2)no1. The lowest BCUT2D eigenvalue weighted by atomic mass is 10.1. The molecule has 3 heterocycles. The van der Waals surface area contributed by atoms with E-state index in [0.29, 0.717) is 18.3 Å². The molecule has 1 aliphatic heterocycles. The van der Waals surface area contributed by atoms with Gasteiger partial charge in [-0.1, -0.05) is 5.16 Å². The fraction of sp³-hybridized carbons (Fsp3) is 0.500. The number of likely N-dealkylation sites (tertiary alicyclic amines) is 1. The van der Waals surface area contributed by atoms with Gasteiger partial charge < -0.3 is 14.4 Å². The molecule has 1 atom stereocenters. The van der Waals surface area contributed by atoms with Crippen molar-refractivity contribution in [3.63, 3.8) is 0 Å². The maximum absolute atomic E-state index is 12.8. The predicted octanol–water partition coefficient (Wildman–Crippen LogP) is 1.92. The molecule has 2 aromatic rings. The molecule has 1 unspecified atom stereocenters. The molecule has 0 bridgehead atoms. The Morgan fingerprint density at radius 1 is 1.35 bits per heavy atom. The highest BCUT2D eigenvalue weighted by molar-refractivity contribution is 5.92. The van der Waals surface area contributed by atoms with Crippen LogP contribution in [0.25, 0.3) is 0 Å². The average molecular weight is 314 g/mol. The molecule has 2 fully saturated rings. The number of aromatic nitrogens is 3. The highest BCUT2D eigenvalue weighted by atomic mass is 16.5. The highest BCUT2D eigenvalue weighted by Crippen LogP contribution is 2.38. The van der Waals surface area contributed by atoms with Crippen molar-refractivity contribution in [2.75, 3.05) is 6.54 Å². The zero-order chi connectivity index (χ0) is 16.0. The molecule has 7 nitrogen and oxygen atoms in total. The number of nitrogens with one attached hydrogen (secondary N) is 1. The topological polar surface area (TPSA) is 92.1 Å². The molecule has 23 heavy (non-hydrogen) atoms. The first-order chi connectivity index (χ1) is 11.1. The van der Waals surface area contributed by atoms with Gasteiger partial charge in [0.2, 0.25) is 0 Å². The molecule has 1 N–H and O–H groups in total. The first kappa shape index (κ1) is 14.2. The van der Waals surface area contributed by atoms with Gasteiger partial charge in [-0.3, -0.25) is 9.59 Å². The van der Waals surface area contributed by atoms with Gasteiger partial charge in [0.25, 0.3) is 11.5 Å². The molecule has 120 valence electrons. The molecule has 2 aromatic heterocycles. The zero-order valence-electron chi connectivity index (χ0n) is 12.9. The van der Waals surface area contributed by atoms with Crippen LogP contribution in [0.2, 0.25) is 0 Å². The molecular formula is C16H18N4O3. The van der Waals surface area contributed by atoms with Gasteiger partial charge in [0, 0.05) is 24.6 Å². The number of H-pyrrole nitrogens is 1. The molecule has 0 aromatic carbocycles. The van der Waals surface area contributed by atoms with Gasteiger partial charge >= 0.3 is 0 Å². The molecule has 4 rings (SSSR count). The van der Waals surface area contributed by atoms with E-state index in [1.54, 1.807) is 4.90 Å². The van der Waals surface area contributed by atoms with Crippen LogP contribution < -0.4 is 5.56 Å². The summed E-state index contributed by atoms with van der Waals surface area (Å²) in [7, 11) is 0. The van der Waals surface area contributed by atoms with E-state index in [2.05, 4.69) is 15.1 Å². The minimum atomic E-state index is -0.265. The number of hydrogen-bond acceptors (Lipinski definition) is 5. The van der Waals surface area contributed by atoms with E-state index < -0.39 is 0 Å². The van der Waals surface area contributed by atoms with E-state index in [0.717, 1.165) is 37.1 Å². The monoisotopic (exact) mass is 314 g/mol. The summed E-state index contributed by atoms with van der Waals surface area (Å²) in [6.07, 6.45) is 3.79. The Labute approximate surface area is 132 Å². The highest BCUT2D eigenvalue weighted by Gasteiger charge is 2.34. The normalized spacial score (nSPS) is 20.9. The van der Waals surface area contributed by atoms with Crippen molar-refractivity contribution < 1.29 is 9.32 Å². The minimum Gasteiger partial charge on any atom is -0.361 e. The Kier molecular flexibility index (Phi) is 3.28. The van der Waals surface area contributed by atoms with Crippen molar-refractivity contribution in [3.05, 3.63) is 45.5 Å². The summed E-state index contributed by atoms with van der Waals surface area (Å²) in [5.41, 5.74) is 0.724. The van der Waals surface area contributed by atoms with Gasteiger partial charge in [0.1, 0.15) is 23.0 Å². The van der Waals surface area contributed by atoms with E-state index >= 15 is 0 Å². The van der Waals surface area contributed by atoms with Crippen molar-refractivity contribution in [2.24, 2.45) is 0 Å². The molecule has 2 aliphatic rings. The fourth-order valence-electron chi connectivity index (χ4n) is 3.14. The molecule has 1 saturated carbocycles. The third-order valence-corrected chi connectivity index (χ3v) is 4.44. The van der Waals surface area contributed by atoms with E-state index in [4.69, 9.17) is 4.52 Å². The van der Waals surface area contributed by atoms with Crippen LogP contribution in [0, 0.1) is 6.92 Å². The van der Waals surface area contributed by atoms with Gasteiger partial charge in [-0.2, -0.15) is 0 Å². The molecule has 7 heteroatoms. The standard InChI is InChI=1S/C16H18N4O3/c1-9-7-11(19-23-9)13-3-2-6-20(13)16(22)12-8-14(21)18-15(17-12)10-4-5-10/h7-8,10,13H,2-6H2,1H3,(H,17,18,21). The van der Waals surface area contributed by atoms with Crippen LogP contribution in [0.1, 0.15) is 65.4 Å². The molecule has 1 aliphatic carbocycles. The second kappa shape index (κ2) is 5.33. The largest absolute Gasteiger partial charge is 0.361 e. The number of aromatic amines is 1. The number of amides is 1. The van der Waals surface area contributed by atoms with Crippen LogP contribution in [0.15, 0.2) is 21.5 Å².